The van der Waals surface area contributed by atoms with E-state index in [9.17, 15) is 4.79 Å². The van der Waals surface area contributed by atoms with Crippen molar-refractivity contribution < 1.29 is 9.21 Å². The molecule has 0 atom stereocenters. The van der Waals surface area contributed by atoms with Crippen molar-refractivity contribution in [1.29, 1.82) is 0 Å². The van der Waals surface area contributed by atoms with E-state index in [-0.39, 0.29) is 5.91 Å². The van der Waals surface area contributed by atoms with E-state index < -0.39 is 0 Å². The van der Waals surface area contributed by atoms with Gasteiger partial charge in [0.1, 0.15) is 10.6 Å². The zero-order valence-corrected chi connectivity index (χ0v) is 17.1. The Morgan fingerprint density at radius 3 is 2.79 bits per heavy atom. The van der Waals surface area contributed by atoms with Gasteiger partial charge in [-0.15, -0.1) is 10.2 Å². The number of thioether (sulfide) groups is 1. The third kappa shape index (κ3) is 4.07. The molecule has 1 N–H and O–H groups in total. The van der Waals surface area contributed by atoms with Crippen molar-refractivity contribution in [2.75, 3.05) is 0 Å². The second kappa shape index (κ2) is 8.12. The number of rotatable bonds is 6. The van der Waals surface area contributed by atoms with Crippen molar-refractivity contribution in [3.63, 3.8) is 0 Å². The van der Waals surface area contributed by atoms with Gasteiger partial charge in [-0.25, -0.2) is 0 Å². The second-order valence-corrected chi connectivity index (χ2v) is 8.68. The Morgan fingerprint density at radius 2 is 2.04 bits per heavy atom. The highest BCUT2D eigenvalue weighted by Crippen LogP contribution is 2.33. The molecule has 4 aromatic rings. The highest BCUT2D eigenvalue weighted by atomic mass is 32.2. The predicted octanol–water partition coefficient (Wildman–Crippen LogP) is 4.52. The summed E-state index contributed by atoms with van der Waals surface area (Å²) in [6, 6.07) is 11.6. The SMILES string of the molecule is Cc1ccc(CNC(=O)c2oc3ccccc3c2CSc2nnc(C)s2)cn1. The summed E-state index contributed by atoms with van der Waals surface area (Å²) in [7, 11) is 0. The summed E-state index contributed by atoms with van der Waals surface area (Å²) in [4.78, 5) is 17.1. The Morgan fingerprint density at radius 1 is 1.18 bits per heavy atom. The van der Waals surface area contributed by atoms with E-state index in [2.05, 4.69) is 20.5 Å². The molecule has 0 radical (unpaired) electrons. The van der Waals surface area contributed by atoms with Gasteiger partial charge in [0.05, 0.1) is 0 Å². The van der Waals surface area contributed by atoms with Gasteiger partial charge >= 0.3 is 0 Å². The molecule has 142 valence electrons. The second-order valence-electron chi connectivity index (χ2n) is 6.27. The normalized spacial score (nSPS) is 11.1. The molecule has 0 saturated heterocycles. The van der Waals surface area contributed by atoms with Gasteiger partial charge < -0.3 is 9.73 Å². The Kier molecular flexibility index (Phi) is 5.40. The molecule has 3 heterocycles. The van der Waals surface area contributed by atoms with Gasteiger partial charge in [-0.2, -0.15) is 0 Å². The molecule has 0 unspecified atom stereocenters. The van der Waals surface area contributed by atoms with Crippen molar-refractivity contribution in [1.82, 2.24) is 20.5 Å². The predicted molar refractivity (Wildman–Crippen MR) is 111 cm³/mol. The molecule has 1 aromatic carbocycles. The fourth-order valence-corrected chi connectivity index (χ4v) is 4.61. The third-order valence-electron chi connectivity index (χ3n) is 4.18. The molecule has 0 bridgehead atoms. The third-order valence-corrected chi connectivity index (χ3v) is 6.18. The molecular weight excluding hydrogens is 392 g/mol. The number of para-hydroxylation sites is 1. The number of nitrogens with one attached hydrogen (secondary N) is 1. The number of aromatic nitrogens is 3. The van der Waals surface area contributed by atoms with Crippen molar-refractivity contribution in [3.05, 3.63) is 70.2 Å². The monoisotopic (exact) mass is 410 g/mol. The Balaban J connectivity index is 1.56. The van der Waals surface area contributed by atoms with Crippen molar-refractivity contribution in [2.24, 2.45) is 0 Å². The fraction of sp³-hybridized carbons (Fsp3) is 0.200. The fourth-order valence-electron chi connectivity index (χ4n) is 2.76. The highest BCUT2D eigenvalue weighted by molar-refractivity contribution is 8.00. The van der Waals surface area contributed by atoms with E-state index in [4.69, 9.17) is 4.42 Å². The van der Waals surface area contributed by atoms with E-state index in [1.165, 1.54) is 0 Å². The first-order valence-electron chi connectivity index (χ1n) is 8.73. The number of benzene rings is 1. The average Bonchev–Trinajstić information content (AvgIpc) is 3.29. The number of fused-ring (bicyclic) bond motifs is 1. The maximum atomic E-state index is 12.8. The van der Waals surface area contributed by atoms with Crippen molar-refractivity contribution in [3.8, 4) is 0 Å². The lowest BCUT2D eigenvalue weighted by Gasteiger charge is -2.05. The summed E-state index contributed by atoms with van der Waals surface area (Å²) in [6.45, 7) is 4.25. The molecule has 0 aliphatic rings. The van der Waals surface area contributed by atoms with E-state index in [0.717, 1.165) is 31.6 Å². The molecule has 28 heavy (non-hydrogen) atoms. The molecule has 0 spiro atoms. The average molecular weight is 411 g/mol. The van der Waals surface area contributed by atoms with Crippen LogP contribution < -0.4 is 5.32 Å². The van der Waals surface area contributed by atoms with Crippen LogP contribution in [0.15, 0.2) is 51.4 Å². The van der Waals surface area contributed by atoms with Gasteiger partial charge in [0, 0.05) is 35.1 Å². The van der Waals surface area contributed by atoms with Crippen LogP contribution in [0, 0.1) is 13.8 Å². The Labute approximate surface area is 170 Å². The molecule has 4 rings (SSSR count). The van der Waals surface area contributed by atoms with Crippen LogP contribution in [0.2, 0.25) is 0 Å². The molecule has 1 amide bonds. The van der Waals surface area contributed by atoms with Crippen LogP contribution in [-0.2, 0) is 12.3 Å². The van der Waals surface area contributed by atoms with Gasteiger partial charge in [-0.05, 0) is 31.5 Å². The number of amides is 1. The maximum Gasteiger partial charge on any atom is 0.287 e. The minimum atomic E-state index is -0.235. The molecule has 0 aliphatic carbocycles. The first-order valence-corrected chi connectivity index (χ1v) is 10.5. The van der Waals surface area contributed by atoms with Crippen LogP contribution in [0.1, 0.15) is 32.4 Å². The van der Waals surface area contributed by atoms with Gasteiger partial charge in [-0.1, -0.05) is 47.4 Å². The minimum Gasteiger partial charge on any atom is -0.451 e. The van der Waals surface area contributed by atoms with E-state index >= 15 is 0 Å². The zero-order valence-electron chi connectivity index (χ0n) is 15.4. The van der Waals surface area contributed by atoms with Crippen molar-refractivity contribution >= 4 is 40.0 Å². The number of hydrogen-bond donors (Lipinski definition) is 1. The topological polar surface area (TPSA) is 80.9 Å². The number of carbonyl (C=O) groups is 1. The Hall–Kier alpha value is -2.71. The van der Waals surface area contributed by atoms with Crippen LogP contribution in [0.5, 0.6) is 0 Å². The smallest absolute Gasteiger partial charge is 0.287 e. The molecule has 0 fully saturated rings. The van der Waals surface area contributed by atoms with Gasteiger partial charge in [0.2, 0.25) is 0 Å². The molecule has 6 nitrogen and oxygen atoms in total. The molecular formula is C20H18N4O2S2. The van der Waals surface area contributed by atoms with Gasteiger partial charge in [0.15, 0.2) is 10.1 Å². The quantitative estimate of drug-likeness (QED) is 0.471. The first kappa shape index (κ1) is 18.6. The molecule has 3 aromatic heterocycles. The number of nitrogens with zero attached hydrogens (tertiary/aromatic N) is 3. The van der Waals surface area contributed by atoms with Crippen LogP contribution in [-0.4, -0.2) is 21.1 Å². The molecule has 0 aliphatic heterocycles. The zero-order chi connectivity index (χ0) is 19.5. The van der Waals surface area contributed by atoms with Crippen molar-refractivity contribution in [2.45, 2.75) is 30.5 Å². The largest absolute Gasteiger partial charge is 0.451 e. The van der Waals surface area contributed by atoms with Crippen LogP contribution in [0.25, 0.3) is 11.0 Å². The summed E-state index contributed by atoms with van der Waals surface area (Å²) < 4.78 is 6.76. The highest BCUT2D eigenvalue weighted by Gasteiger charge is 2.21. The molecule has 0 saturated carbocycles. The van der Waals surface area contributed by atoms with Gasteiger partial charge in [0.25, 0.3) is 5.91 Å². The lowest BCUT2D eigenvalue weighted by molar-refractivity contribution is 0.0924. The summed E-state index contributed by atoms with van der Waals surface area (Å²) >= 11 is 3.10. The lowest BCUT2D eigenvalue weighted by Crippen LogP contribution is -2.23. The number of aryl methyl sites for hydroxylation is 2. The Bertz CT molecular complexity index is 1120. The minimum absolute atomic E-state index is 0.235. The van der Waals surface area contributed by atoms with Crippen LogP contribution >= 0.6 is 23.1 Å². The van der Waals surface area contributed by atoms with E-state index in [1.807, 2.05) is 50.2 Å². The summed E-state index contributed by atoms with van der Waals surface area (Å²) in [6.07, 6.45) is 1.77. The summed E-state index contributed by atoms with van der Waals surface area (Å²) in [5, 5.41) is 13.0. The number of pyridine rings is 1. The van der Waals surface area contributed by atoms with Gasteiger partial charge in [-0.3, -0.25) is 9.78 Å². The summed E-state index contributed by atoms with van der Waals surface area (Å²) in [5.41, 5.74) is 3.45. The summed E-state index contributed by atoms with van der Waals surface area (Å²) in [5.74, 6) is 0.691. The van der Waals surface area contributed by atoms with E-state index in [1.54, 1.807) is 29.3 Å². The lowest BCUT2D eigenvalue weighted by atomic mass is 10.1. The number of furan rings is 1. The number of carbonyl (C=O) groups excluding carboxylic acids is 1. The standard InChI is InChI=1S/C20H18N4O2S2/c1-12-7-8-14(9-21-12)10-22-19(25)18-16(11-27-20-24-23-13(2)28-20)15-5-3-4-6-17(15)26-18/h3-9H,10-11H2,1-2H3,(H,22,25). The first-order chi connectivity index (χ1) is 13.6. The molecule has 8 heteroatoms. The van der Waals surface area contributed by atoms with Crippen LogP contribution in [0.3, 0.4) is 0 Å². The maximum absolute atomic E-state index is 12.8. The van der Waals surface area contributed by atoms with Crippen LogP contribution in [0.4, 0.5) is 0 Å². The number of hydrogen-bond acceptors (Lipinski definition) is 7. The van der Waals surface area contributed by atoms with E-state index in [0.29, 0.717) is 23.6 Å².